The van der Waals surface area contributed by atoms with Crippen molar-refractivity contribution < 1.29 is 4.42 Å². The normalized spacial score (nSPS) is 12.2. The lowest BCUT2D eigenvalue weighted by atomic mass is 10.0. The molecule has 0 aliphatic carbocycles. The summed E-state index contributed by atoms with van der Waals surface area (Å²) in [7, 11) is 0. The number of hydrogen-bond acceptors (Lipinski definition) is 5. The van der Waals surface area contributed by atoms with Crippen LogP contribution in [0.1, 0.15) is 0 Å². The Balaban J connectivity index is 0.984. The summed E-state index contributed by atoms with van der Waals surface area (Å²) in [5.74, 6) is 1.75. The Labute approximate surface area is 414 Å². The van der Waals surface area contributed by atoms with E-state index in [1.807, 2.05) is 6.07 Å². The van der Waals surface area contributed by atoms with Gasteiger partial charge >= 0.3 is 0 Å². The lowest BCUT2D eigenvalue weighted by molar-refractivity contribution is 0.666. The molecule has 5 heterocycles. The summed E-state index contributed by atoms with van der Waals surface area (Å²) in [5, 5.41) is 13.8. The molecule has 0 spiro atoms. The van der Waals surface area contributed by atoms with Crippen LogP contribution in [0.5, 0.6) is 0 Å². The van der Waals surface area contributed by atoms with Crippen molar-refractivity contribution >= 4 is 119 Å². The Bertz CT molecular complexity index is 4940. The van der Waals surface area contributed by atoms with Crippen LogP contribution in [-0.2, 0) is 0 Å². The second kappa shape index (κ2) is 15.0. The topological polar surface area (TPSA) is 61.7 Å². The van der Waals surface area contributed by atoms with Gasteiger partial charge in [0.1, 0.15) is 5.58 Å². The third kappa shape index (κ3) is 5.74. The summed E-state index contributed by atoms with van der Waals surface area (Å²) in [5.41, 5.74) is 10.7. The number of benzene rings is 11. The van der Waals surface area contributed by atoms with Gasteiger partial charge in [0, 0.05) is 80.3 Å². The van der Waals surface area contributed by atoms with E-state index in [9.17, 15) is 0 Å². The van der Waals surface area contributed by atoms with Gasteiger partial charge in [0.2, 0.25) is 0 Å². The van der Waals surface area contributed by atoms with Crippen LogP contribution in [0.15, 0.2) is 229 Å². The third-order valence-electron chi connectivity index (χ3n) is 14.7. The minimum Gasteiger partial charge on any atom is -0.454 e. The Morgan fingerprint density at radius 3 is 1.85 bits per heavy atom. The van der Waals surface area contributed by atoms with Crippen LogP contribution < -0.4 is 0 Å². The van der Waals surface area contributed by atoms with Crippen molar-refractivity contribution in [1.29, 1.82) is 0 Å². The van der Waals surface area contributed by atoms with E-state index >= 15 is 0 Å². The summed E-state index contributed by atoms with van der Waals surface area (Å²) < 4.78 is 14.3. The summed E-state index contributed by atoms with van der Waals surface area (Å²) >= 11 is 1.81. The fraction of sp³-hybridized carbons (Fsp3) is 0. The van der Waals surface area contributed by atoms with E-state index in [0.717, 1.165) is 77.5 Å². The van der Waals surface area contributed by atoms with Crippen LogP contribution in [0, 0.1) is 0 Å². The van der Waals surface area contributed by atoms with Crippen LogP contribution in [0.3, 0.4) is 0 Å². The quantitative estimate of drug-likeness (QED) is 0.172. The predicted octanol–water partition coefficient (Wildman–Crippen LogP) is 17.6. The van der Waals surface area contributed by atoms with Gasteiger partial charge in [-0.05, 0) is 95.0 Å². The first-order valence-corrected chi connectivity index (χ1v) is 25.1. The summed E-state index contributed by atoms with van der Waals surface area (Å²) in [6.07, 6.45) is 0. The number of rotatable bonds is 5. The Kier molecular flexibility index (Phi) is 8.23. The number of furan rings is 1. The minimum atomic E-state index is 0.566. The highest BCUT2D eigenvalue weighted by Crippen LogP contribution is 2.45. The first-order chi connectivity index (χ1) is 35.7. The number of para-hydroxylation sites is 3. The van der Waals surface area contributed by atoms with E-state index in [-0.39, 0.29) is 0 Å². The molecule has 0 radical (unpaired) electrons. The molecular weight excluding hydrogens is 899 g/mol. The lowest BCUT2D eigenvalue weighted by Crippen LogP contribution is -2.02. The fourth-order valence-corrected chi connectivity index (χ4v) is 12.6. The zero-order valence-electron chi connectivity index (χ0n) is 38.4. The van der Waals surface area contributed by atoms with Crippen molar-refractivity contribution in [2.24, 2.45) is 0 Å². The van der Waals surface area contributed by atoms with Crippen molar-refractivity contribution in [3.63, 3.8) is 0 Å². The summed E-state index contributed by atoms with van der Waals surface area (Å²) in [6.45, 7) is 0. The van der Waals surface area contributed by atoms with Crippen LogP contribution in [0.2, 0.25) is 0 Å². The van der Waals surface area contributed by atoms with Crippen LogP contribution in [0.25, 0.3) is 153 Å². The van der Waals surface area contributed by atoms with Gasteiger partial charge in [-0.15, -0.1) is 11.3 Å². The Morgan fingerprint density at radius 1 is 0.361 bits per heavy atom. The molecule has 72 heavy (non-hydrogen) atoms. The molecule has 16 aromatic rings. The molecule has 0 saturated heterocycles. The molecule has 6 nitrogen and oxygen atoms in total. The zero-order valence-corrected chi connectivity index (χ0v) is 39.2. The minimum absolute atomic E-state index is 0.566. The van der Waals surface area contributed by atoms with E-state index < -0.39 is 0 Å². The highest BCUT2D eigenvalue weighted by atomic mass is 32.1. The second-order valence-corrected chi connectivity index (χ2v) is 19.8. The third-order valence-corrected chi connectivity index (χ3v) is 15.9. The molecule has 11 aromatic carbocycles. The first kappa shape index (κ1) is 39.4. The molecule has 0 N–H and O–H groups in total. The second-order valence-electron chi connectivity index (χ2n) is 18.7. The molecule has 0 aliphatic rings. The summed E-state index contributed by atoms with van der Waals surface area (Å²) in [4.78, 5) is 16.3. The van der Waals surface area contributed by atoms with Crippen molar-refractivity contribution in [3.05, 3.63) is 224 Å². The van der Waals surface area contributed by atoms with Gasteiger partial charge in [-0.25, -0.2) is 15.0 Å². The van der Waals surface area contributed by atoms with E-state index in [1.165, 1.54) is 57.9 Å². The first-order valence-electron chi connectivity index (χ1n) is 24.2. The molecule has 5 aromatic heterocycles. The Hall–Kier alpha value is -9.43. The molecule has 0 fully saturated rings. The molecule has 0 aliphatic heterocycles. The summed E-state index contributed by atoms with van der Waals surface area (Å²) in [6, 6.07) is 80.2. The monoisotopic (exact) mass is 935 g/mol. The average molecular weight is 936 g/mol. The van der Waals surface area contributed by atoms with Crippen molar-refractivity contribution in [2.75, 3.05) is 0 Å². The SMILES string of the molecule is c1ccc(-n2c3ccccc3c3ccc(-c4nc(-c5ccc6sc7ccccc7c6c5)nc(-c5ccc(-n6c7cc8ccccc8cc7c7ccc8ccccc8c76)c6oc7ccccc7c56)n4)cc32)cc1. The fourth-order valence-electron chi connectivity index (χ4n) is 11.5. The smallest absolute Gasteiger partial charge is 0.164 e. The van der Waals surface area contributed by atoms with Gasteiger partial charge in [-0.3, -0.25) is 0 Å². The number of hydrogen-bond donors (Lipinski definition) is 0. The molecule has 0 bridgehead atoms. The van der Waals surface area contributed by atoms with Crippen molar-refractivity contribution in [2.45, 2.75) is 0 Å². The maximum atomic E-state index is 7.12. The molecule has 0 saturated carbocycles. The van der Waals surface area contributed by atoms with E-state index in [0.29, 0.717) is 17.5 Å². The molecule has 334 valence electrons. The predicted molar refractivity (Wildman–Crippen MR) is 300 cm³/mol. The van der Waals surface area contributed by atoms with Gasteiger partial charge < -0.3 is 13.6 Å². The van der Waals surface area contributed by atoms with Crippen LogP contribution >= 0.6 is 11.3 Å². The largest absolute Gasteiger partial charge is 0.454 e. The van der Waals surface area contributed by atoms with Gasteiger partial charge in [-0.2, -0.15) is 0 Å². The van der Waals surface area contributed by atoms with E-state index in [4.69, 9.17) is 19.4 Å². The molecule has 0 unspecified atom stereocenters. The highest BCUT2D eigenvalue weighted by Gasteiger charge is 2.25. The number of thiophene rings is 1. The maximum Gasteiger partial charge on any atom is 0.164 e. The molecule has 0 atom stereocenters. The number of nitrogens with zero attached hydrogens (tertiary/aromatic N) is 5. The molecular formula is C65H37N5OS. The van der Waals surface area contributed by atoms with Gasteiger partial charge in [-0.1, -0.05) is 146 Å². The number of aromatic nitrogens is 5. The van der Waals surface area contributed by atoms with Gasteiger partial charge in [0.05, 0.1) is 27.8 Å². The Morgan fingerprint density at radius 2 is 0.986 bits per heavy atom. The van der Waals surface area contributed by atoms with Gasteiger partial charge in [0.15, 0.2) is 23.1 Å². The van der Waals surface area contributed by atoms with Crippen molar-refractivity contribution in [3.8, 4) is 45.5 Å². The van der Waals surface area contributed by atoms with Crippen LogP contribution in [-0.4, -0.2) is 24.1 Å². The van der Waals surface area contributed by atoms with E-state index in [1.54, 1.807) is 11.3 Å². The molecule has 7 heteroatoms. The molecule has 16 rings (SSSR count). The standard InChI is InChI=1S/C65H37N5OS/c1-2-17-43(18-3-1)69-53-23-11-8-20-45(53)46-29-27-42(37-55(46)69)64-66-63(41-28-33-59-52(35-41)47-21-10-13-25-58(47)72-59)67-65(68-64)50-31-32-54(62-60(50)49-22-9-12-24-57(49)71-62)70-56-36-40-16-5-4-15-39(40)34-51(56)48-30-26-38-14-6-7-19-44(38)61(48)70/h1-37H. The zero-order chi connectivity index (χ0) is 47.0. The van der Waals surface area contributed by atoms with E-state index in [2.05, 4.69) is 228 Å². The highest BCUT2D eigenvalue weighted by molar-refractivity contribution is 7.25. The van der Waals surface area contributed by atoms with Gasteiger partial charge in [0.25, 0.3) is 0 Å². The lowest BCUT2D eigenvalue weighted by Gasteiger charge is -2.14. The van der Waals surface area contributed by atoms with Crippen LogP contribution in [0.4, 0.5) is 0 Å². The molecule has 0 amide bonds. The average Bonchev–Trinajstić information content (AvgIpc) is 4.20. The maximum absolute atomic E-state index is 7.12. The number of fused-ring (bicyclic) bond motifs is 15. The van der Waals surface area contributed by atoms with Crippen molar-refractivity contribution in [1.82, 2.24) is 24.1 Å².